The van der Waals surface area contributed by atoms with Crippen LogP contribution in [0.15, 0.2) is 18.3 Å². The summed E-state index contributed by atoms with van der Waals surface area (Å²) in [6, 6.07) is 4.05. The quantitative estimate of drug-likeness (QED) is 0.775. The van der Waals surface area contributed by atoms with Crippen LogP contribution < -0.4 is 5.32 Å². The van der Waals surface area contributed by atoms with Crippen molar-refractivity contribution in [2.24, 2.45) is 0 Å². The van der Waals surface area contributed by atoms with Gasteiger partial charge in [0, 0.05) is 12.7 Å². The van der Waals surface area contributed by atoms with E-state index in [0.717, 1.165) is 19.0 Å². The minimum Gasteiger partial charge on any atom is -0.376 e. The molecule has 1 N–H and O–H groups in total. The summed E-state index contributed by atoms with van der Waals surface area (Å²) in [5.74, 6) is 0.940. The van der Waals surface area contributed by atoms with Gasteiger partial charge in [-0.3, -0.25) is 0 Å². The number of pyridine rings is 1. The van der Waals surface area contributed by atoms with E-state index in [0.29, 0.717) is 6.10 Å². The third kappa shape index (κ3) is 3.49. The molecule has 16 heavy (non-hydrogen) atoms. The molecule has 3 heteroatoms. The highest BCUT2D eigenvalue weighted by Crippen LogP contribution is 2.20. The summed E-state index contributed by atoms with van der Waals surface area (Å²) in [6.45, 7) is 3.69. The number of anilines is 1. The van der Waals surface area contributed by atoms with Gasteiger partial charge in [-0.2, -0.15) is 0 Å². The number of nitrogens with zero attached hydrogens (tertiary/aromatic N) is 1. The fraction of sp³-hybridized carbons (Fsp3) is 0.615. The van der Waals surface area contributed by atoms with Crippen LogP contribution in [0.25, 0.3) is 0 Å². The van der Waals surface area contributed by atoms with Gasteiger partial charge in [0.15, 0.2) is 0 Å². The molecule has 1 aliphatic rings. The standard InChI is InChI=1S/C13H20N2O/c1-11-6-7-14-13(10-11)15-8-9-16-12-4-2-3-5-12/h6-7,10,12H,2-5,8-9H2,1H3,(H,14,15). The van der Waals surface area contributed by atoms with Gasteiger partial charge in [-0.05, 0) is 37.5 Å². The molecule has 1 heterocycles. The smallest absolute Gasteiger partial charge is 0.126 e. The summed E-state index contributed by atoms with van der Waals surface area (Å²) in [6.07, 6.45) is 7.47. The zero-order chi connectivity index (χ0) is 11.2. The van der Waals surface area contributed by atoms with E-state index in [-0.39, 0.29) is 0 Å². The number of hydrogen-bond acceptors (Lipinski definition) is 3. The molecule has 3 nitrogen and oxygen atoms in total. The van der Waals surface area contributed by atoms with Crippen LogP contribution in [-0.2, 0) is 4.74 Å². The maximum atomic E-state index is 5.76. The lowest BCUT2D eigenvalue weighted by Gasteiger charge is -2.11. The van der Waals surface area contributed by atoms with Gasteiger partial charge >= 0.3 is 0 Å². The van der Waals surface area contributed by atoms with Gasteiger partial charge in [0.25, 0.3) is 0 Å². The molecule has 1 fully saturated rings. The molecule has 88 valence electrons. The molecule has 0 saturated heterocycles. The number of aryl methyl sites for hydroxylation is 1. The summed E-state index contributed by atoms with van der Waals surface area (Å²) in [5.41, 5.74) is 1.23. The predicted octanol–water partition coefficient (Wildman–Crippen LogP) is 2.76. The summed E-state index contributed by atoms with van der Waals surface area (Å²) in [7, 11) is 0. The fourth-order valence-corrected chi connectivity index (χ4v) is 2.09. The SMILES string of the molecule is Cc1ccnc(NCCOC2CCCC2)c1. The molecule has 0 bridgehead atoms. The molecule has 0 spiro atoms. The molecule has 1 aromatic heterocycles. The number of hydrogen-bond donors (Lipinski definition) is 1. The molecule has 0 radical (unpaired) electrons. The Morgan fingerprint density at radius 3 is 3.00 bits per heavy atom. The van der Waals surface area contributed by atoms with E-state index in [2.05, 4.69) is 23.3 Å². The second-order valence-electron chi connectivity index (χ2n) is 4.42. The van der Waals surface area contributed by atoms with E-state index in [4.69, 9.17) is 4.74 Å². The third-order valence-corrected chi connectivity index (χ3v) is 2.98. The summed E-state index contributed by atoms with van der Waals surface area (Å²) < 4.78 is 5.76. The van der Waals surface area contributed by atoms with Gasteiger partial charge in [-0.1, -0.05) is 12.8 Å². The Hall–Kier alpha value is -1.09. The Morgan fingerprint density at radius 1 is 1.44 bits per heavy atom. The van der Waals surface area contributed by atoms with Gasteiger partial charge in [-0.15, -0.1) is 0 Å². The lowest BCUT2D eigenvalue weighted by molar-refractivity contribution is 0.0658. The van der Waals surface area contributed by atoms with Crippen molar-refractivity contribution in [3.8, 4) is 0 Å². The van der Waals surface area contributed by atoms with E-state index in [1.165, 1.54) is 31.2 Å². The highest BCUT2D eigenvalue weighted by molar-refractivity contribution is 5.36. The topological polar surface area (TPSA) is 34.2 Å². The van der Waals surface area contributed by atoms with Crippen LogP contribution in [0.1, 0.15) is 31.2 Å². The molecule has 0 atom stereocenters. The summed E-state index contributed by atoms with van der Waals surface area (Å²) in [4.78, 5) is 4.24. The lowest BCUT2D eigenvalue weighted by Crippen LogP contribution is -2.15. The van der Waals surface area contributed by atoms with E-state index < -0.39 is 0 Å². The molecule has 1 saturated carbocycles. The average Bonchev–Trinajstić information content (AvgIpc) is 2.77. The minimum atomic E-state index is 0.507. The zero-order valence-electron chi connectivity index (χ0n) is 9.91. The first-order valence-electron chi connectivity index (χ1n) is 6.13. The van der Waals surface area contributed by atoms with Gasteiger partial charge in [0.05, 0.1) is 12.7 Å². The van der Waals surface area contributed by atoms with Crippen molar-refractivity contribution >= 4 is 5.82 Å². The van der Waals surface area contributed by atoms with Crippen molar-refractivity contribution in [3.05, 3.63) is 23.9 Å². The molecular weight excluding hydrogens is 200 g/mol. The largest absolute Gasteiger partial charge is 0.376 e. The fourth-order valence-electron chi connectivity index (χ4n) is 2.09. The van der Waals surface area contributed by atoms with Crippen LogP contribution in [0.2, 0.25) is 0 Å². The monoisotopic (exact) mass is 220 g/mol. The normalized spacial score (nSPS) is 16.6. The maximum Gasteiger partial charge on any atom is 0.126 e. The first-order chi connectivity index (χ1) is 7.84. The Balaban J connectivity index is 1.64. The minimum absolute atomic E-state index is 0.507. The molecule has 0 aliphatic heterocycles. The van der Waals surface area contributed by atoms with Crippen molar-refractivity contribution in [3.63, 3.8) is 0 Å². The number of aromatic nitrogens is 1. The Labute approximate surface area is 97.2 Å². The predicted molar refractivity (Wildman–Crippen MR) is 65.7 cm³/mol. The van der Waals surface area contributed by atoms with Crippen molar-refractivity contribution in [1.29, 1.82) is 0 Å². The maximum absolute atomic E-state index is 5.76. The number of nitrogens with one attached hydrogen (secondary N) is 1. The molecule has 1 aromatic rings. The van der Waals surface area contributed by atoms with Crippen LogP contribution in [0.3, 0.4) is 0 Å². The molecule has 2 rings (SSSR count). The van der Waals surface area contributed by atoms with E-state index in [1.54, 1.807) is 0 Å². The van der Waals surface area contributed by atoms with E-state index >= 15 is 0 Å². The second-order valence-corrected chi connectivity index (χ2v) is 4.42. The van der Waals surface area contributed by atoms with Gasteiger partial charge in [0.1, 0.15) is 5.82 Å². The van der Waals surface area contributed by atoms with Crippen LogP contribution in [0.5, 0.6) is 0 Å². The first-order valence-corrected chi connectivity index (χ1v) is 6.13. The van der Waals surface area contributed by atoms with Crippen LogP contribution >= 0.6 is 0 Å². The third-order valence-electron chi connectivity index (χ3n) is 2.98. The highest BCUT2D eigenvalue weighted by atomic mass is 16.5. The van der Waals surface area contributed by atoms with Crippen molar-refractivity contribution in [2.75, 3.05) is 18.5 Å². The molecule has 0 unspecified atom stereocenters. The van der Waals surface area contributed by atoms with Crippen LogP contribution in [0, 0.1) is 6.92 Å². The van der Waals surface area contributed by atoms with E-state index in [1.807, 2.05) is 12.3 Å². The van der Waals surface area contributed by atoms with E-state index in [9.17, 15) is 0 Å². The highest BCUT2D eigenvalue weighted by Gasteiger charge is 2.14. The van der Waals surface area contributed by atoms with Crippen molar-refractivity contribution < 1.29 is 4.74 Å². The van der Waals surface area contributed by atoms with Gasteiger partial charge in [-0.25, -0.2) is 4.98 Å². The summed E-state index contributed by atoms with van der Waals surface area (Å²) >= 11 is 0. The molecule has 0 aromatic carbocycles. The molecule has 1 aliphatic carbocycles. The first kappa shape index (κ1) is 11.4. The van der Waals surface area contributed by atoms with Crippen molar-refractivity contribution in [1.82, 2.24) is 4.98 Å². The zero-order valence-corrected chi connectivity index (χ0v) is 9.91. The summed E-state index contributed by atoms with van der Waals surface area (Å²) in [5, 5.41) is 3.27. The van der Waals surface area contributed by atoms with Crippen molar-refractivity contribution in [2.45, 2.75) is 38.7 Å². The number of rotatable bonds is 5. The molecular formula is C13H20N2O. The number of ether oxygens (including phenoxy) is 1. The average molecular weight is 220 g/mol. The molecule has 0 amide bonds. The van der Waals surface area contributed by atoms with Crippen LogP contribution in [-0.4, -0.2) is 24.2 Å². The van der Waals surface area contributed by atoms with Gasteiger partial charge in [0.2, 0.25) is 0 Å². The Morgan fingerprint density at radius 2 is 2.25 bits per heavy atom. The van der Waals surface area contributed by atoms with Crippen LogP contribution in [0.4, 0.5) is 5.82 Å². The Bertz CT molecular complexity index is 321. The second kappa shape index (κ2) is 5.85. The Kier molecular flexibility index (Phi) is 4.17. The lowest BCUT2D eigenvalue weighted by atomic mass is 10.3. The van der Waals surface area contributed by atoms with Gasteiger partial charge < -0.3 is 10.1 Å².